The van der Waals surface area contributed by atoms with Crippen LogP contribution in [0.4, 0.5) is 0 Å². The number of hydrogen-bond donors (Lipinski definition) is 2. The predicted molar refractivity (Wildman–Crippen MR) is 110 cm³/mol. The first kappa shape index (κ1) is 22.9. The molecule has 2 atom stereocenters. The van der Waals surface area contributed by atoms with E-state index in [0.717, 1.165) is 12.5 Å². The summed E-state index contributed by atoms with van der Waals surface area (Å²) in [5.41, 5.74) is 0. The Labute approximate surface area is 160 Å². The lowest BCUT2D eigenvalue weighted by Gasteiger charge is -2.34. The standard InChI is InChI=1S/C17H36N4O.HI/c1-14(2)16(21-10-8-6-7-9-11-21)12-19-17(18-4)20-15(3)13-22-5;/h14-16H,6-13H2,1-5H3,(H2,18,19,20);1H. The quantitative estimate of drug-likeness (QED) is 0.363. The van der Waals surface area contributed by atoms with Gasteiger partial charge in [0.15, 0.2) is 5.96 Å². The van der Waals surface area contributed by atoms with Crippen molar-refractivity contribution in [3.8, 4) is 0 Å². The van der Waals surface area contributed by atoms with Crippen molar-refractivity contribution in [3.63, 3.8) is 0 Å². The summed E-state index contributed by atoms with van der Waals surface area (Å²) in [6, 6.07) is 0.821. The lowest BCUT2D eigenvalue weighted by Crippen LogP contribution is -2.51. The van der Waals surface area contributed by atoms with Crippen LogP contribution < -0.4 is 10.6 Å². The Morgan fingerprint density at radius 3 is 2.22 bits per heavy atom. The fourth-order valence-corrected chi connectivity index (χ4v) is 3.13. The Kier molecular flexibility index (Phi) is 13.2. The SMILES string of the molecule is CN=C(NCC(C(C)C)N1CCCCCC1)NC(C)COC.I. The summed E-state index contributed by atoms with van der Waals surface area (Å²) < 4.78 is 5.17. The molecule has 1 aliphatic heterocycles. The van der Waals surface area contributed by atoms with Gasteiger partial charge in [-0.05, 0) is 38.8 Å². The van der Waals surface area contributed by atoms with Crippen molar-refractivity contribution in [2.24, 2.45) is 10.9 Å². The number of nitrogens with one attached hydrogen (secondary N) is 2. The minimum atomic E-state index is 0. The molecule has 0 spiro atoms. The number of aliphatic imine (C=N–C) groups is 1. The van der Waals surface area contributed by atoms with Crippen LogP contribution in [0.2, 0.25) is 0 Å². The lowest BCUT2D eigenvalue weighted by atomic mass is 10.0. The minimum absolute atomic E-state index is 0. The Morgan fingerprint density at radius 1 is 1.13 bits per heavy atom. The zero-order chi connectivity index (χ0) is 16.4. The van der Waals surface area contributed by atoms with Gasteiger partial charge in [0, 0.05) is 32.8 Å². The second-order valence-corrected chi connectivity index (χ2v) is 6.72. The van der Waals surface area contributed by atoms with Gasteiger partial charge in [-0.3, -0.25) is 9.89 Å². The summed E-state index contributed by atoms with van der Waals surface area (Å²) in [5.74, 6) is 1.50. The van der Waals surface area contributed by atoms with E-state index < -0.39 is 0 Å². The molecule has 1 fully saturated rings. The highest BCUT2D eigenvalue weighted by atomic mass is 127. The molecule has 2 unspecified atom stereocenters. The van der Waals surface area contributed by atoms with Gasteiger partial charge in [0.1, 0.15) is 0 Å². The molecule has 6 heteroatoms. The maximum Gasteiger partial charge on any atom is 0.191 e. The van der Waals surface area contributed by atoms with Gasteiger partial charge in [-0.15, -0.1) is 24.0 Å². The average Bonchev–Trinajstić information content (AvgIpc) is 2.75. The molecule has 1 rings (SSSR count). The highest BCUT2D eigenvalue weighted by Crippen LogP contribution is 2.17. The van der Waals surface area contributed by atoms with E-state index in [9.17, 15) is 0 Å². The van der Waals surface area contributed by atoms with Gasteiger partial charge in [-0.2, -0.15) is 0 Å². The molecular formula is C17H37IN4O. The second-order valence-electron chi connectivity index (χ2n) is 6.72. The molecule has 0 amide bonds. The zero-order valence-electron chi connectivity index (χ0n) is 15.6. The maximum atomic E-state index is 5.17. The number of methoxy groups -OCH3 is 1. The Hall–Kier alpha value is -0.0800. The molecule has 0 radical (unpaired) electrons. The van der Waals surface area contributed by atoms with Crippen molar-refractivity contribution >= 4 is 29.9 Å². The largest absolute Gasteiger partial charge is 0.383 e. The number of nitrogens with zero attached hydrogens (tertiary/aromatic N) is 2. The van der Waals surface area contributed by atoms with Gasteiger partial charge in [0.2, 0.25) is 0 Å². The number of ether oxygens (including phenoxy) is 1. The number of halogens is 1. The molecule has 5 nitrogen and oxygen atoms in total. The summed E-state index contributed by atoms with van der Waals surface area (Å²) in [7, 11) is 3.55. The summed E-state index contributed by atoms with van der Waals surface area (Å²) in [4.78, 5) is 6.99. The van der Waals surface area contributed by atoms with Crippen molar-refractivity contribution in [2.45, 2.75) is 58.5 Å². The van der Waals surface area contributed by atoms with Crippen LogP contribution in [-0.2, 0) is 4.74 Å². The molecule has 0 saturated carbocycles. The fraction of sp³-hybridized carbons (Fsp3) is 0.941. The third-order valence-corrected chi connectivity index (χ3v) is 4.38. The molecule has 1 aliphatic rings. The predicted octanol–water partition coefficient (Wildman–Crippen LogP) is 2.70. The topological polar surface area (TPSA) is 48.9 Å². The van der Waals surface area contributed by atoms with E-state index in [0.29, 0.717) is 18.6 Å². The van der Waals surface area contributed by atoms with E-state index in [1.165, 1.54) is 38.8 Å². The van der Waals surface area contributed by atoms with Crippen LogP contribution in [0, 0.1) is 5.92 Å². The summed E-state index contributed by atoms with van der Waals surface area (Å²) in [5, 5.41) is 6.87. The van der Waals surface area contributed by atoms with Gasteiger partial charge >= 0.3 is 0 Å². The van der Waals surface area contributed by atoms with Crippen molar-refractivity contribution in [1.82, 2.24) is 15.5 Å². The molecule has 1 saturated heterocycles. The molecule has 0 aromatic rings. The highest BCUT2D eigenvalue weighted by molar-refractivity contribution is 14.0. The normalized spacial score (nSPS) is 19.7. The number of likely N-dealkylation sites (tertiary alicyclic amines) is 1. The zero-order valence-corrected chi connectivity index (χ0v) is 17.9. The lowest BCUT2D eigenvalue weighted by molar-refractivity contribution is 0.160. The van der Waals surface area contributed by atoms with Gasteiger partial charge in [0.25, 0.3) is 0 Å². The smallest absolute Gasteiger partial charge is 0.191 e. The minimum Gasteiger partial charge on any atom is -0.383 e. The molecule has 0 aromatic heterocycles. The first-order chi connectivity index (χ1) is 10.6. The van der Waals surface area contributed by atoms with Crippen molar-refractivity contribution in [3.05, 3.63) is 0 Å². The molecule has 2 N–H and O–H groups in total. The van der Waals surface area contributed by atoms with Crippen LogP contribution in [0.15, 0.2) is 4.99 Å². The van der Waals surface area contributed by atoms with Crippen LogP contribution in [0.25, 0.3) is 0 Å². The monoisotopic (exact) mass is 440 g/mol. The Balaban J connectivity index is 0.00000484. The van der Waals surface area contributed by atoms with Crippen molar-refractivity contribution in [1.29, 1.82) is 0 Å². The van der Waals surface area contributed by atoms with E-state index in [2.05, 4.69) is 41.3 Å². The van der Waals surface area contributed by atoms with E-state index >= 15 is 0 Å². The van der Waals surface area contributed by atoms with Gasteiger partial charge < -0.3 is 15.4 Å². The van der Waals surface area contributed by atoms with Crippen LogP contribution in [0.5, 0.6) is 0 Å². The van der Waals surface area contributed by atoms with Crippen molar-refractivity contribution < 1.29 is 4.74 Å². The Bertz CT molecular complexity index is 318. The number of rotatable bonds is 7. The summed E-state index contributed by atoms with van der Waals surface area (Å²) in [6.45, 7) is 10.8. The van der Waals surface area contributed by atoms with Crippen LogP contribution in [0.3, 0.4) is 0 Å². The highest BCUT2D eigenvalue weighted by Gasteiger charge is 2.23. The van der Waals surface area contributed by atoms with E-state index in [1.54, 1.807) is 7.11 Å². The third-order valence-electron chi connectivity index (χ3n) is 4.38. The second kappa shape index (κ2) is 13.2. The molecular weight excluding hydrogens is 403 g/mol. The van der Waals surface area contributed by atoms with E-state index in [4.69, 9.17) is 4.74 Å². The van der Waals surface area contributed by atoms with Gasteiger partial charge in [-0.1, -0.05) is 26.7 Å². The van der Waals surface area contributed by atoms with E-state index in [1.807, 2.05) is 7.05 Å². The van der Waals surface area contributed by atoms with E-state index in [-0.39, 0.29) is 30.0 Å². The van der Waals surface area contributed by atoms with Gasteiger partial charge in [-0.25, -0.2) is 0 Å². The molecule has 138 valence electrons. The van der Waals surface area contributed by atoms with Gasteiger partial charge in [0.05, 0.1) is 6.61 Å². The maximum absolute atomic E-state index is 5.17. The van der Waals surface area contributed by atoms with Crippen LogP contribution >= 0.6 is 24.0 Å². The number of guanidine groups is 1. The number of hydrogen-bond acceptors (Lipinski definition) is 3. The molecule has 0 aliphatic carbocycles. The molecule has 0 bridgehead atoms. The van der Waals surface area contributed by atoms with Crippen LogP contribution in [-0.4, -0.2) is 63.3 Å². The van der Waals surface area contributed by atoms with Crippen molar-refractivity contribution in [2.75, 3.05) is 40.4 Å². The summed E-state index contributed by atoms with van der Waals surface area (Å²) >= 11 is 0. The van der Waals surface area contributed by atoms with Crippen LogP contribution in [0.1, 0.15) is 46.5 Å². The molecule has 0 aromatic carbocycles. The fourth-order valence-electron chi connectivity index (χ4n) is 3.13. The summed E-state index contributed by atoms with van der Waals surface area (Å²) in [6.07, 6.45) is 5.43. The Morgan fingerprint density at radius 2 is 1.74 bits per heavy atom. The first-order valence-corrected chi connectivity index (χ1v) is 8.78. The first-order valence-electron chi connectivity index (χ1n) is 8.78. The third kappa shape index (κ3) is 9.10. The average molecular weight is 440 g/mol. The molecule has 1 heterocycles. The molecule has 23 heavy (non-hydrogen) atoms.